The molecule has 0 N–H and O–H groups in total. The van der Waals surface area contributed by atoms with Crippen LogP contribution in [-0.4, -0.2) is 29.7 Å². The van der Waals surface area contributed by atoms with Crippen molar-refractivity contribution in [1.82, 2.24) is 0 Å². The summed E-state index contributed by atoms with van der Waals surface area (Å²) >= 11 is 0. The Balaban J connectivity index is 1.92. The van der Waals surface area contributed by atoms with Crippen molar-refractivity contribution < 1.29 is 4.48 Å². The molecule has 0 amide bonds. The zero-order valence-corrected chi connectivity index (χ0v) is 7.97. The van der Waals surface area contributed by atoms with Crippen molar-refractivity contribution in [3.8, 4) is 0 Å². The molecule has 0 radical (unpaired) electrons. The molecule has 3 aliphatic heterocycles. The average molecular weight is 166 g/mol. The molecule has 68 valence electrons. The molecule has 0 aromatic carbocycles. The minimum atomic E-state index is 1.10. The van der Waals surface area contributed by atoms with E-state index in [9.17, 15) is 0 Å². The fraction of sp³-hybridized carbons (Fsp3) is 1.00. The highest BCUT2D eigenvalue weighted by atomic mass is 15.4. The summed E-state index contributed by atoms with van der Waals surface area (Å²) in [7, 11) is 0. The largest absolute Gasteiger partial charge is 0.319 e. The van der Waals surface area contributed by atoms with Gasteiger partial charge in [0.15, 0.2) is 0 Å². The molecule has 0 aromatic heterocycles. The normalized spacial score (nSPS) is 44.0. The van der Waals surface area contributed by atoms with Gasteiger partial charge in [0.05, 0.1) is 25.2 Å². The van der Waals surface area contributed by atoms with Gasteiger partial charge in [-0.2, -0.15) is 0 Å². The van der Waals surface area contributed by atoms with Crippen molar-refractivity contribution in [3.05, 3.63) is 0 Å². The average Bonchev–Trinajstić information content (AvgIpc) is 2.59. The maximum Gasteiger partial charge on any atom is 0.0894 e. The van der Waals surface area contributed by atoms with Crippen LogP contribution in [0.15, 0.2) is 0 Å². The van der Waals surface area contributed by atoms with Crippen LogP contribution in [0.3, 0.4) is 0 Å². The fourth-order valence-corrected chi connectivity index (χ4v) is 4.24. The van der Waals surface area contributed by atoms with Crippen molar-refractivity contribution in [2.75, 3.05) is 13.1 Å². The lowest BCUT2D eigenvalue weighted by atomic mass is 10.00. The summed E-state index contributed by atoms with van der Waals surface area (Å²) in [6.45, 7) is 3.07. The summed E-state index contributed by atoms with van der Waals surface area (Å²) in [5.41, 5.74) is 0. The molecular weight excluding hydrogens is 146 g/mol. The van der Waals surface area contributed by atoms with Gasteiger partial charge in [-0.25, -0.2) is 0 Å². The minimum Gasteiger partial charge on any atom is -0.319 e. The molecule has 12 heavy (non-hydrogen) atoms. The third-order valence-electron chi connectivity index (χ3n) is 4.76. The summed E-state index contributed by atoms with van der Waals surface area (Å²) in [6.07, 6.45) is 10.8. The molecule has 3 heterocycles. The first-order valence-corrected chi connectivity index (χ1v) is 5.78. The number of hydrogen-bond acceptors (Lipinski definition) is 0. The second-order valence-corrected chi connectivity index (χ2v) is 5.07. The minimum absolute atomic E-state index is 1.10. The maximum absolute atomic E-state index is 1.58. The van der Waals surface area contributed by atoms with Gasteiger partial charge in [-0.3, -0.25) is 0 Å². The number of piperidine rings is 1. The molecule has 0 saturated carbocycles. The van der Waals surface area contributed by atoms with Crippen molar-refractivity contribution in [2.24, 2.45) is 0 Å². The van der Waals surface area contributed by atoms with Crippen LogP contribution in [0, 0.1) is 0 Å². The topological polar surface area (TPSA) is 0 Å². The molecule has 2 atom stereocenters. The van der Waals surface area contributed by atoms with Crippen molar-refractivity contribution >= 4 is 0 Å². The quantitative estimate of drug-likeness (QED) is 0.484. The van der Waals surface area contributed by atoms with Gasteiger partial charge in [0, 0.05) is 25.7 Å². The van der Waals surface area contributed by atoms with E-state index < -0.39 is 0 Å². The number of nitrogens with zero attached hydrogens (tertiary/aromatic N) is 1. The van der Waals surface area contributed by atoms with Crippen LogP contribution < -0.4 is 0 Å². The zero-order valence-electron chi connectivity index (χ0n) is 7.97. The Morgan fingerprint density at radius 2 is 1.25 bits per heavy atom. The molecule has 1 nitrogen and oxygen atoms in total. The van der Waals surface area contributed by atoms with Crippen LogP contribution in [0.25, 0.3) is 0 Å². The molecule has 3 rings (SSSR count). The molecule has 2 bridgehead atoms. The molecule has 2 unspecified atom stereocenters. The van der Waals surface area contributed by atoms with Gasteiger partial charge >= 0.3 is 0 Å². The van der Waals surface area contributed by atoms with Gasteiger partial charge in [-0.05, 0) is 19.3 Å². The van der Waals surface area contributed by atoms with E-state index in [0.29, 0.717) is 0 Å². The molecule has 3 aliphatic rings. The fourth-order valence-electron chi connectivity index (χ4n) is 4.24. The Hall–Kier alpha value is -0.0400. The first-order valence-electron chi connectivity index (χ1n) is 5.78. The van der Waals surface area contributed by atoms with E-state index in [1.54, 1.807) is 30.2 Å². The van der Waals surface area contributed by atoms with E-state index >= 15 is 0 Å². The summed E-state index contributed by atoms with van der Waals surface area (Å²) in [6, 6.07) is 2.21. The standard InChI is InChI=1S/C11H20N/c1-2-9-12(8-1)10-4-3-5-11(12)7-6-10/h10-11H,1-9H2/q+1. The van der Waals surface area contributed by atoms with Crippen molar-refractivity contribution in [1.29, 1.82) is 0 Å². The van der Waals surface area contributed by atoms with E-state index in [0.717, 1.165) is 12.1 Å². The highest BCUT2D eigenvalue weighted by Gasteiger charge is 2.52. The molecular formula is C11H20N+. The monoisotopic (exact) mass is 166 g/mol. The van der Waals surface area contributed by atoms with E-state index in [4.69, 9.17) is 0 Å². The van der Waals surface area contributed by atoms with Gasteiger partial charge in [0.2, 0.25) is 0 Å². The summed E-state index contributed by atoms with van der Waals surface area (Å²) < 4.78 is 1.58. The van der Waals surface area contributed by atoms with E-state index in [2.05, 4.69) is 0 Å². The van der Waals surface area contributed by atoms with Crippen LogP contribution in [0.1, 0.15) is 44.9 Å². The Kier molecular flexibility index (Phi) is 1.52. The van der Waals surface area contributed by atoms with Crippen LogP contribution in [-0.2, 0) is 0 Å². The lowest BCUT2D eigenvalue weighted by Gasteiger charge is -2.44. The van der Waals surface area contributed by atoms with Gasteiger partial charge < -0.3 is 4.48 Å². The van der Waals surface area contributed by atoms with Crippen LogP contribution >= 0.6 is 0 Å². The summed E-state index contributed by atoms with van der Waals surface area (Å²) in [5, 5.41) is 0. The molecule has 3 saturated heterocycles. The van der Waals surface area contributed by atoms with Crippen LogP contribution in [0.5, 0.6) is 0 Å². The number of hydrogen-bond donors (Lipinski definition) is 0. The Morgan fingerprint density at radius 1 is 0.667 bits per heavy atom. The third-order valence-corrected chi connectivity index (χ3v) is 4.76. The highest BCUT2D eigenvalue weighted by molar-refractivity contribution is 4.83. The predicted molar refractivity (Wildman–Crippen MR) is 49.9 cm³/mol. The second-order valence-electron chi connectivity index (χ2n) is 5.07. The number of quaternary nitrogens is 1. The first kappa shape index (κ1) is 7.37. The van der Waals surface area contributed by atoms with Gasteiger partial charge in [0.25, 0.3) is 0 Å². The molecule has 0 aliphatic carbocycles. The van der Waals surface area contributed by atoms with Crippen LogP contribution in [0.2, 0.25) is 0 Å². The van der Waals surface area contributed by atoms with E-state index in [-0.39, 0.29) is 0 Å². The Morgan fingerprint density at radius 3 is 1.83 bits per heavy atom. The zero-order chi connectivity index (χ0) is 8.02. The van der Waals surface area contributed by atoms with Gasteiger partial charge in [0.1, 0.15) is 0 Å². The molecule has 0 aromatic rings. The molecule has 3 fully saturated rings. The molecule has 1 heteroatoms. The van der Waals surface area contributed by atoms with E-state index in [1.807, 2.05) is 0 Å². The summed E-state index contributed by atoms with van der Waals surface area (Å²) in [5.74, 6) is 0. The lowest BCUT2D eigenvalue weighted by molar-refractivity contribution is -0.955. The Labute approximate surface area is 75.3 Å². The Bertz CT molecular complexity index is 163. The number of rotatable bonds is 0. The van der Waals surface area contributed by atoms with E-state index in [1.165, 1.54) is 32.4 Å². The first-order chi connectivity index (χ1) is 5.92. The van der Waals surface area contributed by atoms with Crippen molar-refractivity contribution in [3.63, 3.8) is 0 Å². The maximum atomic E-state index is 1.58. The third kappa shape index (κ3) is 0.783. The lowest BCUT2D eigenvalue weighted by Crippen LogP contribution is -2.56. The predicted octanol–water partition coefficient (Wildman–Crippen LogP) is 2.31. The smallest absolute Gasteiger partial charge is 0.0894 e. The van der Waals surface area contributed by atoms with Crippen molar-refractivity contribution in [2.45, 2.75) is 57.0 Å². The van der Waals surface area contributed by atoms with Gasteiger partial charge in [-0.1, -0.05) is 0 Å². The summed E-state index contributed by atoms with van der Waals surface area (Å²) in [4.78, 5) is 0. The molecule has 1 spiro atoms. The SMILES string of the molecule is C1CC2CCC(C1)[N+]21CCCC1. The van der Waals surface area contributed by atoms with Gasteiger partial charge in [-0.15, -0.1) is 0 Å². The van der Waals surface area contributed by atoms with Crippen LogP contribution in [0.4, 0.5) is 0 Å². The highest BCUT2D eigenvalue weighted by Crippen LogP contribution is 2.45. The second kappa shape index (κ2) is 2.47.